The van der Waals surface area contributed by atoms with Crippen LogP contribution < -0.4 is 5.56 Å². The highest BCUT2D eigenvalue weighted by Crippen LogP contribution is 2.38. The van der Waals surface area contributed by atoms with Gasteiger partial charge in [0.25, 0.3) is 5.56 Å². The molecule has 4 heterocycles. The van der Waals surface area contributed by atoms with Crippen LogP contribution in [0.15, 0.2) is 64.0 Å². The van der Waals surface area contributed by atoms with Crippen LogP contribution in [-0.2, 0) is 12.8 Å². The lowest BCUT2D eigenvalue weighted by Gasteiger charge is -2.09. The number of thiophene rings is 1. The second-order valence-corrected chi connectivity index (χ2v) is 10.1. The van der Waals surface area contributed by atoms with Crippen LogP contribution in [0.4, 0.5) is 0 Å². The second-order valence-electron chi connectivity index (χ2n) is 8.30. The van der Waals surface area contributed by atoms with Gasteiger partial charge >= 0.3 is 0 Å². The van der Waals surface area contributed by atoms with Crippen molar-refractivity contribution in [2.75, 3.05) is 0 Å². The molecule has 0 spiro atoms. The van der Waals surface area contributed by atoms with E-state index in [0.717, 1.165) is 43.3 Å². The zero-order valence-electron chi connectivity index (χ0n) is 18.8. The molecular weight excluding hydrogens is 464 g/mol. The van der Waals surface area contributed by atoms with E-state index >= 15 is 0 Å². The number of fused-ring (bicyclic) bond motifs is 4. The highest BCUT2D eigenvalue weighted by molar-refractivity contribution is 7.98. The predicted molar refractivity (Wildman–Crippen MR) is 138 cm³/mol. The molecule has 0 fully saturated rings. The van der Waals surface area contributed by atoms with Gasteiger partial charge in [-0.05, 0) is 31.5 Å². The van der Waals surface area contributed by atoms with Crippen molar-refractivity contribution in [3.63, 3.8) is 0 Å². The van der Waals surface area contributed by atoms with Gasteiger partial charge in [0, 0.05) is 18.0 Å². The van der Waals surface area contributed by atoms with Crippen molar-refractivity contribution in [3.8, 4) is 11.1 Å². The Hall–Kier alpha value is -3.56. The minimum Gasteiger partial charge on any atom is -0.279 e. The fourth-order valence-corrected chi connectivity index (χ4v) is 6.09. The first kappa shape index (κ1) is 21.0. The van der Waals surface area contributed by atoms with Crippen molar-refractivity contribution in [1.82, 2.24) is 29.1 Å². The van der Waals surface area contributed by atoms with Gasteiger partial charge < -0.3 is 0 Å². The summed E-state index contributed by atoms with van der Waals surface area (Å²) in [7, 11) is 1.73. The van der Waals surface area contributed by atoms with Crippen molar-refractivity contribution >= 4 is 50.0 Å². The number of aromatic nitrogens is 6. The van der Waals surface area contributed by atoms with E-state index in [1.807, 2.05) is 29.5 Å². The molecule has 2 aromatic carbocycles. The molecule has 0 saturated carbocycles. The summed E-state index contributed by atoms with van der Waals surface area (Å²) in [6, 6.07) is 14.4. The van der Waals surface area contributed by atoms with E-state index in [4.69, 9.17) is 0 Å². The largest absolute Gasteiger partial charge is 0.279 e. The van der Waals surface area contributed by atoms with Crippen molar-refractivity contribution in [1.29, 1.82) is 0 Å². The van der Waals surface area contributed by atoms with E-state index in [0.29, 0.717) is 16.9 Å². The van der Waals surface area contributed by atoms with Crippen LogP contribution in [0.1, 0.15) is 17.0 Å². The van der Waals surface area contributed by atoms with E-state index in [2.05, 4.69) is 56.7 Å². The highest BCUT2D eigenvalue weighted by atomic mass is 32.2. The van der Waals surface area contributed by atoms with E-state index < -0.39 is 0 Å². The molecule has 0 aliphatic carbocycles. The Morgan fingerprint density at radius 2 is 1.79 bits per heavy atom. The smallest absolute Gasteiger partial charge is 0.262 e. The Bertz CT molecular complexity index is 1760. The summed E-state index contributed by atoms with van der Waals surface area (Å²) < 4.78 is 3.52. The number of thioether (sulfide) groups is 1. The molecule has 0 saturated heterocycles. The summed E-state index contributed by atoms with van der Waals surface area (Å²) in [6.07, 6.45) is 1.61. The number of hydrogen-bond donors (Lipinski definition) is 0. The summed E-state index contributed by atoms with van der Waals surface area (Å²) >= 11 is 3.23. The van der Waals surface area contributed by atoms with Gasteiger partial charge in [-0.3, -0.25) is 13.8 Å². The zero-order chi connectivity index (χ0) is 23.4. The van der Waals surface area contributed by atoms with Crippen LogP contribution in [0.2, 0.25) is 0 Å². The lowest BCUT2D eigenvalue weighted by Crippen LogP contribution is -2.20. The molecule has 0 atom stereocenters. The molecule has 7 nitrogen and oxygen atoms in total. The van der Waals surface area contributed by atoms with E-state index in [1.54, 1.807) is 41.0 Å². The molecule has 0 aliphatic rings. The Kier molecular flexibility index (Phi) is 4.96. The number of rotatable bonds is 4. The number of aryl methyl sites for hydroxylation is 3. The Balaban J connectivity index is 1.45. The first-order valence-electron chi connectivity index (χ1n) is 10.8. The van der Waals surface area contributed by atoms with Crippen LogP contribution in [0, 0.1) is 13.8 Å². The SMILES string of the molecule is Cc1ccc(-c2csc3ncnc(SCc4nnc5n(C)c(=O)c6cc(C)ccc6n45)c23)cc1. The third kappa shape index (κ3) is 3.31. The first-order valence-corrected chi connectivity index (χ1v) is 12.6. The van der Waals surface area contributed by atoms with Gasteiger partial charge in [-0.2, -0.15) is 0 Å². The summed E-state index contributed by atoms with van der Waals surface area (Å²) in [5.41, 5.74) is 5.29. The molecule has 6 rings (SSSR count). The molecular formula is C25H20N6OS2. The predicted octanol–water partition coefficient (Wildman–Crippen LogP) is 5.16. The third-order valence-electron chi connectivity index (χ3n) is 5.98. The lowest BCUT2D eigenvalue weighted by molar-refractivity contribution is 0.857. The number of benzene rings is 2. The lowest BCUT2D eigenvalue weighted by atomic mass is 10.1. The molecule has 6 aromatic rings. The summed E-state index contributed by atoms with van der Waals surface area (Å²) in [6.45, 7) is 4.07. The van der Waals surface area contributed by atoms with Crippen LogP contribution in [0.3, 0.4) is 0 Å². The minimum atomic E-state index is -0.0728. The quantitative estimate of drug-likeness (QED) is 0.254. The average molecular weight is 485 g/mol. The van der Waals surface area contributed by atoms with Crippen molar-refractivity contribution in [3.05, 3.63) is 81.5 Å². The maximum absolute atomic E-state index is 12.9. The van der Waals surface area contributed by atoms with E-state index in [-0.39, 0.29) is 5.56 Å². The summed E-state index contributed by atoms with van der Waals surface area (Å²) in [5, 5.41) is 13.5. The zero-order valence-corrected chi connectivity index (χ0v) is 20.4. The van der Waals surface area contributed by atoms with Crippen LogP contribution in [0.25, 0.3) is 38.0 Å². The van der Waals surface area contributed by atoms with Gasteiger partial charge in [0.05, 0.1) is 22.0 Å². The summed E-state index contributed by atoms with van der Waals surface area (Å²) in [5.74, 6) is 1.85. The van der Waals surface area contributed by atoms with E-state index in [1.165, 1.54) is 5.56 Å². The van der Waals surface area contributed by atoms with Gasteiger partial charge in [0.1, 0.15) is 22.0 Å². The molecule has 0 unspecified atom stereocenters. The van der Waals surface area contributed by atoms with Gasteiger partial charge in [0.15, 0.2) is 0 Å². The number of hydrogen-bond acceptors (Lipinski definition) is 7. The average Bonchev–Trinajstić information content (AvgIpc) is 3.47. The standard InChI is InChI=1S/C25H20N6OS2/c1-14-4-7-16(8-5-14)18-11-33-22-21(18)23(27-13-26-22)34-12-20-28-29-25-30(3)24(32)17-10-15(2)6-9-19(17)31(20)25/h4-11,13H,12H2,1-3H3. The Labute approximate surface area is 203 Å². The monoisotopic (exact) mass is 484 g/mol. The molecule has 9 heteroatoms. The van der Waals surface area contributed by atoms with Gasteiger partial charge in [-0.25, -0.2) is 9.97 Å². The number of nitrogens with zero attached hydrogens (tertiary/aromatic N) is 6. The maximum atomic E-state index is 12.9. The molecule has 4 aromatic heterocycles. The Morgan fingerprint density at radius 1 is 1.00 bits per heavy atom. The molecule has 0 N–H and O–H groups in total. The van der Waals surface area contributed by atoms with Crippen LogP contribution >= 0.6 is 23.1 Å². The maximum Gasteiger partial charge on any atom is 0.262 e. The normalized spacial score (nSPS) is 11.7. The fourth-order valence-electron chi connectivity index (χ4n) is 4.19. The minimum absolute atomic E-state index is 0.0728. The van der Waals surface area contributed by atoms with Crippen molar-refractivity contribution in [2.24, 2.45) is 7.05 Å². The van der Waals surface area contributed by atoms with Gasteiger partial charge in [-0.15, -0.1) is 21.5 Å². The Morgan fingerprint density at radius 3 is 2.62 bits per heavy atom. The molecule has 0 aliphatic heterocycles. The second kappa shape index (κ2) is 8.03. The fraction of sp³-hybridized carbons (Fsp3) is 0.160. The molecule has 0 radical (unpaired) electrons. The topological polar surface area (TPSA) is 78.0 Å². The van der Waals surface area contributed by atoms with Crippen molar-refractivity contribution in [2.45, 2.75) is 24.6 Å². The highest BCUT2D eigenvalue weighted by Gasteiger charge is 2.18. The van der Waals surface area contributed by atoms with Crippen LogP contribution in [-0.4, -0.2) is 29.1 Å². The third-order valence-corrected chi connectivity index (χ3v) is 7.85. The molecule has 0 amide bonds. The van der Waals surface area contributed by atoms with Gasteiger partial charge in [-0.1, -0.05) is 53.2 Å². The molecule has 168 valence electrons. The summed E-state index contributed by atoms with van der Waals surface area (Å²) in [4.78, 5) is 22.9. The van der Waals surface area contributed by atoms with Crippen LogP contribution in [0.5, 0.6) is 0 Å². The van der Waals surface area contributed by atoms with Gasteiger partial charge in [0.2, 0.25) is 5.78 Å². The van der Waals surface area contributed by atoms with Crippen molar-refractivity contribution < 1.29 is 0 Å². The van der Waals surface area contributed by atoms with E-state index in [9.17, 15) is 4.79 Å². The molecule has 0 bridgehead atoms. The molecule has 34 heavy (non-hydrogen) atoms. The first-order chi connectivity index (χ1) is 16.5.